The molecular weight excluding hydrogens is 278 g/mol. The maximum absolute atomic E-state index is 9.56. The third kappa shape index (κ3) is 2.52. The third-order valence-corrected chi connectivity index (χ3v) is 3.57. The van der Waals surface area contributed by atoms with Crippen molar-refractivity contribution in [1.82, 2.24) is 9.55 Å². The lowest BCUT2D eigenvalue weighted by Gasteiger charge is -2.08. The largest absolute Gasteiger partial charge is 0.497 e. The Kier molecular flexibility index (Phi) is 3.77. The molecule has 0 unspecified atom stereocenters. The molecule has 3 aromatic rings. The molecule has 0 aliphatic heterocycles. The van der Waals surface area contributed by atoms with Crippen LogP contribution in [0.1, 0.15) is 17.0 Å². The van der Waals surface area contributed by atoms with Gasteiger partial charge in [-0.05, 0) is 29.8 Å². The van der Waals surface area contributed by atoms with E-state index in [9.17, 15) is 5.11 Å². The minimum atomic E-state index is -0.144. The van der Waals surface area contributed by atoms with Gasteiger partial charge in [0, 0.05) is 12.6 Å². The van der Waals surface area contributed by atoms with Gasteiger partial charge in [-0.3, -0.25) is 0 Å². The third-order valence-electron chi connectivity index (χ3n) is 3.57. The van der Waals surface area contributed by atoms with E-state index >= 15 is 0 Å². The molecule has 22 heavy (non-hydrogen) atoms. The predicted molar refractivity (Wildman–Crippen MR) is 82.5 cm³/mol. The average molecular weight is 293 g/mol. The van der Waals surface area contributed by atoms with E-state index in [0.717, 1.165) is 22.3 Å². The number of nitrogens with zero attached hydrogens (tertiary/aromatic N) is 3. The Morgan fingerprint density at radius 3 is 2.86 bits per heavy atom. The second-order valence-corrected chi connectivity index (χ2v) is 4.94. The van der Waals surface area contributed by atoms with Crippen LogP contribution >= 0.6 is 0 Å². The molecular formula is C17H15N3O2. The van der Waals surface area contributed by atoms with Crippen LogP contribution in [0.2, 0.25) is 0 Å². The van der Waals surface area contributed by atoms with Gasteiger partial charge in [-0.15, -0.1) is 0 Å². The summed E-state index contributed by atoms with van der Waals surface area (Å²) in [5, 5.41) is 18.6. The van der Waals surface area contributed by atoms with Crippen molar-refractivity contribution in [2.24, 2.45) is 0 Å². The second kappa shape index (κ2) is 5.88. The van der Waals surface area contributed by atoms with Gasteiger partial charge >= 0.3 is 0 Å². The minimum absolute atomic E-state index is 0.144. The highest BCUT2D eigenvalue weighted by molar-refractivity contribution is 5.78. The van der Waals surface area contributed by atoms with Crippen molar-refractivity contribution in [3.8, 4) is 11.8 Å². The van der Waals surface area contributed by atoms with E-state index < -0.39 is 0 Å². The van der Waals surface area contributed by atoms with Crippen LogP contribution in [0.25, 0.3) is 11.0 Å². The first kappa shape index (κ1) is 14.1. The highest BCUT2D eigenvalue weighted by Gasteiger charge is 2.11. The van der Waals surface area contributed by atoms with Crippen LogP contribution in [0, 0.1) is 11.3 Å². The molecule has 0 saturated carbocycles. The smallest absolute Gasteiger partial charge is 0.136 e. The Bertz CT molecular complexity index is 862. The van der Waals surface area contributed by atoms with Gasteiger partial charge in [-0.1, -0.05) is 12.1 Å². The molecule has 1 N–H and O–H groups in total. The average Bonchev–Trinajstić information content (AvgIpc) is 2.91. The molecule has 1 heterocycles. The maximum atomic E-state index is 9.56. The predicted octanol–water partition coefficient (Wildman–Crippen LogP) is 2.46. The number of hydrogen-bond acceptors (Lipinski definition) is 4. The summed E-state index contributed by atoms with van der Waals surface area (Å²) in [6.45, 7) is 0.406. The molecule has 5 heteroatoms. The fraction of sp³-hybridized carbons (Fsp3) is 0.176. The molecule has 1 aromatic heterocycles. The lowest BCUT2D eigenvalue weighted by atomic mass is 10.1. The van der Waals surface area contributed by atoms with Gasteiger partial charge in [0.25, 0.3) is 0 Å². The highest BCUT2D eigenvalue weighted by atomic mass is 16.5. The Hall–Kier alpha value is -2.84. The summed E-state index contributed by atoms with van der Waals surface area (Å²) in [6, 6.07) is 15.2. The van der Waals surface area contributed by atoms with Gasteiger partial charge in [0.2, 0.25) is 0 Å². The lowest BCUT2D eigenvalue weighted by Crippen LogP contribution is -2.05. The minimum Gasteiger partial charge on any atom is -0.497 e. The molecule has 0 aliphatic carbocycles. The van der Waals surface area contributed by atoms with Crippen LogP contribution in [0.15, 0.2) is 42.5 Å². The zero-order valence-electron chi connectivity index (χ0n) is 12.2. The van der Waals surface area contributed by atoms with Crippen molar-refractivity contribution < 1.29 is 9.84 Å². The molecule has 0 radical (unpaired) electrons. The van der Waals surface area contributed by atoms with E-state index in [2.05, 4.69) is 11.1 Å². The SMILES string of the molecule is COc1ccc2c(c1)nc(CO)n2Cc1cccc(C#N)c1. The summed E-state index contributed by atoms with van der Waals surface area (Å²) in [5.74, 6) is 1.32. The van der Waals surface area contributed by atoms with E-state index in [1.165, 1.54) is 0 Å². The fourth-order valence-electron chi connectivity index (χ4n) is 2.51. The number of hydrogen-bond donors (Lipinski definition) is 1. The number of aromatic nitrogens is 2. The molecule has 0 spiro atoms. The lowest BCUT2D eigenvalue weighted by molar-refractivity contribution is 0.267. The first-order chi connectivity index (χ1) is 10.7. The van der Waals surface area contributed by atoms with Gasteiger partial charge in [-0.25, -0.2) is 4.98 Å². The van der Waals surface area contributed by atoms with Crippen LogP contribution in [0.4, 0.5) is 0 Å². The number of ether oxygens (including phenoxy) is 1. The first-order valence-corrected chi connectivity index (χ1v) is 6.88. The van der Waals surface area contributed by atoms with Gasteiger partial charge < -0.3 is 14.4 Å². The van der Waals surface area contributed by atoms with Crippen molar-refractivity contribution in [2.75, 3.05) is 7.11 Å². The zero-order chi connectivity index (χ0) is 15.5. The molecule has 0 aliphatic rings. The van der Waals surface area contributed by atoms with Crippen LogP contribution in [-0.2, 0) is 13.2 Å². The number of rotatable bonds is 4. The monoisotopic (exact) mass is 293 g/mol. The summed E-state index contributed by atoms with van der Waals surface area (Å²) in [4.78, 5) is 4.45. The quantitative estimate of drug-likeness (QED) is 0.802. The Balaban J connectivity index is 2.07. The van der Waals surface area contributed by atoms with E-state index in [1.54, 1.807) is 13.2 Å². The summed E-state index contributed by atoms with van der Waals surface area (Å²) < 4.78 is 7.16. The Morgan fingerprint density at radius 1 is 1.27 bits per heavy atom. The van der Waals surface area contributed by atoms with E-state index in [0.29, 0.717) is 17.9 Å². The molecule has 5 nitrogen and oxygen atoms in total. The molecule has 110 valence electrons. The van der Waals surface area contributed by atoms with E-state index in [4.69, 9.17) is 10.00 Å². The first-order valence-electron chi connectivity index (χ1n) is 6.88. The van der Waals surface area contributed by atoms with Gasteiger partial charge in [0.1, 0.15) is 18.2 Å². The second-order valence-electron chi connectivity index (χ2n) is 4.94. The van der Waals surface area contributed by atoms with Gasteiger partial charge in [0.05, 0.1) is 29.8 Å². The summed E-state index contributed by atoms with van der Waals surface area (Å²) >= 11 is 0. The summed E-state index contributed by atoms with van der Waals surface area (Å²) in [5.41, 5.74) is 3.31. The normalized spacial score (nSPS) is 10.6. The molecule has 0 atom stereocenters. The van der Waals surface area contributed by atoms with Crippen LogP contribution in [0.3, 0.4) is 0 Å². The van der Waals surface area contributed by atoms with Crippen LogP contribution < -0.4 is 4.74 Å². The van der Waals surface area contributed by atoms with Crippen molar-refractivity contribution in [2.45, 2.75) is 13.2 Å². The number of methoxy groups -OCH3 is 1. The molecule has 0 fully saturated rings. The number of benzene rings is 2. The molecule has 3 rings (SSSR count). The number of aliphatic hydroxyl groups excluding tert-OH is 1. The molecule has 0 saturated heterocycles. The van der Waals surface area contributed by atoms with Crippen molar-refractivity contribution in [3.05, 3.63) is 59.4 Å². The fourth-order valence-corrected chi connectivity index (χ4v) is 2.51. The van der Waals surface area contributed by atoms with Crippen LogP contribution in [0.5, 0.6) is 5.75 Å². The molecule has 0 amide bonds. The van der Waals surface area contributed by atoms with Gasteiger partial charge in [0.15, 0.2) is 0 Å². The zero-order valence-corrected chi connectivity index (χ0v) is 12.2. The van der Waals surface area contributed by atoms with E-state index in [-0.39, 0.29) is 6.61 Å². The Labute approximate surface area is 128 Å². The van der Waals surface area contributed by atoms with Crippen LogP contribution in [-0.4, -0.2) is 21.8 Å². The molecule has 0 bridgehead atoms. The molecule has 2 aromatic carbocycles. The number of aliphatic hydroxyl groups is 1. The maximum Gasteiger partial charge on any atom is 0.136 e. The van der Waals surface area contributed by atoms with Crippen molar-refractivity contribution >= 4 is 11.0 Å². The van der Waals surface area contributed by atoms with Gasteiger partial charge in [-0.2, -0.15) is 5.26 Å². The Morgan fingerprint density at radius 2 is 2.14 bits per heavy atom. The van der Waals surface area contributed by atoms with Crippen molar-refractivity contribution in [1.29, 1.82) is 5.26 Å². The number of nitriles is 1. The van der Waals surface area contributed by atoms with E-state index in [1.807, 2.05) is 41.0 Å². The summed E-state index contributed by atoms with van der Waals surface area (Å²) in [7, 11) is 1.61. The summed E-state index contributed by atoms with van der Waals surface area (Å²) in [6.07, 6.45) is 0. The standard InChI is InChI=1S/C17H15N3O2/c1-22-14-5-6-16-15(8-14)19-17(11-21)20(16)10-13-4-2-3-12(7-13)9-18/h2-8,21H,10-11H2,1H3. The topological polar surface area (TPSA) is 71.1 Å². The van der Waals surface area contributed by atoms with Crippen molar-refractivity contribution in [3.63, 3.8) is 0 Å². The highest BCUT2D eigenvalue weighted by Crippen LogP contribution is 2.23. The number of imidazole rings is 1. The number of fused-ring (bicyclic) bond motifs is 1.